The maximum Gasteiger partial charge on any atom is -0.00116 e. The Kier molecular flexibility index (Phi) is 5.47. The van der Waals surface area contributed by atoms with Crippen molar-refractivity contribution in [2.45, 2.75) is 44.9 Å². The zero-order valence-corrected chi connectivity index (χ0v) is 11.5. The SMILES string of the molecule is CC(CCNCCC1=CCCC1)c1ccccc1. The summed E-state index contributed by atoms with van der Waals surface area (Å²) in [7, 11) is 0. The second-order valence-electron chi connectivity index (χ2n) is 5.36. The van der Waals surface area contributed by atoms with Crippen molar-refractivity contribution >= 4 is 0 Å². The van der Waals surface area contributed by atoms with E-state index in [1.807, 2.05) is 0 Å². The first-order chi connectivity index (χ1) is 8.86. The Morgan fingerprint density at radius 3 is 2.72 bits per heavy atom. The highest BCUT2D eigenvalue weighted by Crippen LogP contribution is 2.20. The monoisotopic (exact) mass is 243 g/mol. The van der Waals surface area contributed by atoms with Crippen LogP contribution in [0.3, 0.4) is 0 Å². The maximum absolute atomic E-state index is 3.57. The third-order valence-corrected chi connectivity index (χ3v) is 3.88. The molecule has 0 heterocycles. The molecule has 0 aliphatic heterocycles. The molecule has 0 radical (unpaired) electrons. The Morgan fingerprint density at radius 2 is 2.00 bits per heavy atom. The van der Waals surface area contributed by atoms with Crippen LogP contribution < -0.4 is 5.32 Å². The first kappa shape index (κ1) is 13.4. The molecule has 1 aliphatic carbocycles. The van der Waals surface area contributed by atoms with Crippen LogP contribution in [0.5, 0.6) is 0 Å². The van der Waals surface area contributed by atoms with Gasteiger partial charge < -0.3 is 5.32 Å². The van der Waals surface area contributed by atoms with Gasteiger partial charge in [-0.3, -0.25) is 0 Å². The Hall–Kier alpha value is -1.08. The predicted molar refractivity (Wildman–Crippen MR) is 78.9 cm³/mol. The average Bonchev–Trinajstić information content (AvgIpc) is 2.92. The van der Waals surface area contributed by atoms with Crippen molar-refractivity contribution < 1.29 is 0 Å². The molecule has 0 bridgehead atoms. The van der Waals surface area contributed by atoms with Gasteiger partial charge in [0.2, 0.25) is 0 Å². The van der Waals surface area contributed by atoms with Crippen molar-refractivity contribution in [2.75, 3.05) is 13.1 Å². The van der Waals surface area contributed by atoms with Gasteiger partial charge in [-0.25, -0.2) is 0 Å². The summed E-state index contributed by atoms with van der Waals surface area (Å²) in [5.74, 6) is 0.657. The quantitative estimate of drug-likeness (QED) is 0.557. The fourth-order valence-corrected chi connectivity index (χ4v) is 2.61. The third-order valence-electron chi connectivity index (χ3n) is 3.88. The number of hydrogen-bond donors (Lipinski definition) is 1. The van der Waals surface area contributed by atoms with Gasteiger partial charge in [0.1, 0.15) is 0 Å². The van der Waals surface area contributed by atoms with Gasteiger partial charge in [0.05, 0.1) is 0 Å². The summed E-state index contributed by atoms with van der Waals surface area (Å²) in [6, 6.07) is 10.8. The molecule has 1 nitrogen and oxygen atoms in total. The molecule has 0 spiro atoms. The molecule has 1 aromatic carbocycles. The van der Waals surface area contributed by atoms with Crippen molar-refractivity contribution in [3.63, 3.8) is 0 Å². The fraction of sp³-hybridized carbons (Fsp3) is 0.529. The highest BCUT2D eigenvalue weighted by Gasteiger charge is 2.05. The topological polar surface area (TPSA) is 12.0 Å². The molecule has 0 saturated heterocycles. The summed E-state index contributed by atoms with van der Waals surface area (Å²) in [6.07, 6.45) is 8.92. The van der Waals surface area contributed by atoms with Crippen LogP contribution in [0, 0.1) is 0 Å². The van der Waals surface area contributed by atoms with E-state index >= 15 is 0 Å². The van der Waals surface area contributed by atoms with Gasteiger partial charge in [-0.2, -0.15) is 0 Å². The lowest BCUT2D eigenvalue weighted by Crippen LogP contribution is -2.18. The third kappa shape index (κ3) is 4.30. The summed E-state index contributed by atoms with van der Waals surface area (Å²) in [4.78, 5) is 0. The zero-order chi connectivity index (χ0) is 12.6. The summed E-state index contributed by atoms with van der Waals surface area (Å²) in [6.45, 7) is 4.59. The maximum atomic E-state index is 3.57. The molecule has 1 N–H and O–H groups in total. The first-order valence-corrected chi connectivity index (χ1v) is 7.30. The zero-order valence-electron chi connectivity index (χ0n) is 11.5. The Labute approximate surface area is 111 Å². The lowest BCUT2D eigenvalue weighted by Gasteiger charge is -2.12. The van der Waals surface area contributed by atoms with Crippen molar-refractivity contribution in [3.8, 4) is 0 Å². The van der Waals surface area contributed by atoms with Gasteiger partial charge >= 0.3 is 0 Å². The summed E-state index contributed by atoms with van der Waals surface area (Å²) in [5, 5.41) is 3.57. The van der Waals surface area contributed by atoms with Gasteiger partial charge in [-0.1, -0.05) is 48.9 Å². The van der Waals surface area contributed by atoms with Crippen LogP contribution in [0.25, 0.3) is 0 Å². The molecule has 0 amide bonds. The van der Waals surface area contributed by atoms with E-state index < -0.39 is 0 Å². The summed E-state index contributed by atoms with van der Waals surface area (Å²) < 4.78 is 0. The first-order valence-electron chi connectivity index (χ1n) is 7.30. The van der Waals surface area contributed by atoms with Crippen molar-refractivity contribution in [3.05, 3.63) is 47.5 Å². The van der Waals surface area contributed by atoms with E-state index in [9.17, 15) is 0 Å². The molecule has 1 atom stereocenters. The minimum atomic E-state index is 0.657. The van der Waals surface area contributed by atoms with Crippen LogP contribution in [0.1, 0.15) is 50.5 Å². The molecular weight excluding hydrogens is 218 g/mol. The number of allylic oxidation sites excluding steroid dienone is 1. The van der Waals surface area contributed by atoms with Crippen LogP contribution in [0.4, 0.5) is 0 Å². The second-order valence-corrected chi connectivity index (χ2v) is 5.36. The highest BCUT2D eigenvalue weighted by atomic mass is 14.8. The molecular formula is C17H25N. The number of hydrogen-bond acceptors (Lipinski definition) is 1. The van der Waals surface area contributed by atoms with Gasteiger partial charge in [-0.15, -0.1) is 0 Å². The highest BCUT2D eigenvalue weighted by molar-refractivity contribution is 5.18. The minimum Gasteiger partial charge on any atom is -0.316 e. The van der Waals surface area contributed by atoms with Gasteiger partial charge in [-0.05, 0) is 56.7 Å². The predicted octanol–water partition coefficient (Wildman–Crippen LogP) is 4.27. The summed E-state index contributed by atoms with van der Waals surface area (Å²) >= 11 is 0. The Balaban J connectivity index is 1.58. The van der Waals surface area contributed by atoms with Gasteiger partial charge in [0.25, 0.3) is 0 Å². The van der Waals surface area contributed by atoms with E-state index in [0.717, 1.165) is 13.1 Å². The van der Waals surface area contributed by atoms with E-state index in [-0.39, 0.29) is 0 Å². The second kappa shape index (κ2) is 7.38. The van der Waals surface area contributed by atoms with E-state index in [0.29, 0.717) is 5.92 Å². The molecule has 0 saturated carbocycles. The standard InChI is InChI=1S/C17H25N/c1-15(17-9-3-2-4-10-17)11-13-18-14-12-16-7-5-6-8-16/h2-4,7,9-10,15,18H,5-6,8,11-14H2,1H3. The van der Waals surface area contributed by atoms with Crippen LogP contribution in [0.2, 0.25) is 0 Å². The van der Waals surface area contributed by atoms with Crippen LogP contribution in [-0.2, 0) is 0 Å². The normalized spacial score (nSPS) is 16.6. The van der Waals surface area contributed by atoms with Crippen LogP contribution in [-0.4, -0.2) is 13.1 Å². The number of nitrogens with one attached hydrogen (secondary N) is 1. The fourth-order valence-electron chi connectivity index (χ4n) is 2.61. The molecule has 1 unspecified atom stereocenters. The molecule has 98 valence electrons. The van der Waals surface area contributed by atoms with Crippen LogP contribution in [0.15, 0.2) is 42.0 Å². The van der Waals surface area contributed by atoms with Crippen LogP contribution >= 0.6 is 0 Å². The van der Waals surface area contributed by atoms with Gasteiger partial charge in [0.15, 0.2) is 0 Å². The Morgan fingerprint density at radius 1 is 1.17 bits per heavy atom. The van der Waals surface area contributed by atoms with E-state index in [4.69, 9.17) is 0 Å². The molecule has 1 aromatic rings. The molecule has 1 heteroatoms. The molecule has 0 aromatic heterocycles. The van der Waals surface area contributed by atoms with Gasteiger partial charge in [0, 0.05) is 0 Å². The number of benzene rings is 1. The molecule has 2 rings (SSSR count). The smallest absolute Gasteiger partial charge is 0.00116 e. The lowest BCUT2D eigenvalue weighted by molar-refractivity contribution is 0.592. The number of rotatable bonds is 7. The minimum absolute atomic E-state index is 0.657. The average molecular weight is 243 g/mol. The molecule has 18 heavy (non-hydrogen) atoms. The van der Waals surface area contributed by atoms with Crippen molar-refractivity contribution in [1.29, 1.82) is 0 Å². The molecule has 0 fully saturated rings. The van der Waals surface area contributed by atoms with E-state index in [1.54, 1.807) is 5.57 Å². The van der Waals surface area contributed by atoms with E-state index in [1.165, 1.54) is 37.7 Å². The summed E-state index contributed by atoms with van der Waals surface area (Å²) in [5.41, 5.74) is 3.12. The Bertz CT molecular complexity index is 366. The largest absolute Gasteiger partial charge is 0.316 e. The molecule has 1 aliphatic rings. The van der Waals surface area contributed by atoms with Crippen molar-refractivity contribution in [1.82, 2.24) is 5.32 Å². The van der Waals surface area contributed by atoms with E-state index in [2.05, 4.69) is 48.6 Å². The van der Waals surface area contributed by atoms with Crippen molar-refractivity contribution in [2.24, 2.45) is 0 Å². The lowest BCUT2D eigenvalue weighted by atomic mass is 9.98.